The highest BCUT2D eigenvalue weighted by Crippen LogP contribution is 2.19. The summed E-state index contributed by atoms with van der Waals surface area (Å²) in [4.78, 5) is 12.0. The first-order valence-electron chi connectivity index (χ1n) is 6.17. The van der Waals surface area contributed by atoms with Gasteiger partial charge in [-0.15, -0.1) is 0 Å². The smallest absolute Gasteiger partial charge is 0.163 e. The highest BCUT2D eigenvalue weighted by molar-refractivity contribution is 5.96. The molecule has 1 N–H and O–H groups in total. The summed E-state index contributed by atoms with van der Waals surface area (Å²) in [6.45, 7) is 3.68. The number of benzene rings is 1. The second-order valence-electron chi connectivity index (χ2n) is 4.78. The van der Waals surface area contributed by atoms with Crippen molar-refractivity contribution in [1.29, 1.82) is 0 Å². The number of carbonyl (C=O) groups is 1. The molecule has 1 aromatic carbocycles. The highest BCUT2D eigenvalue weighted by Gasteiger charge is 2.18. The van der Waals surface area contributed by atoms with E-state index in [0.717, 1.165) is 25.9 Å². The molecule has 2 nitrogen and oxygen atoms in total. The third-order valence-corrected chi connectivity index (χ3v) is 3.43. The van der Waals surface area contributed by atoms with Crippen LogP contribution in [0.25, 0.3) is 0 Å². The predicted octanol–water partition coefficient (Wildman–Crippen LogP) is 2.71. The lowest BCUT2D eigenvalue weighted by Crippen LogP contribution is -2.28. The van der Waals surface area contributed by atoms with E-state index in [1.54, 1.807) is 19.1 Å². The van der Waals surface area contributed by atoms with Crippen molar-refractivity contribution in [1.82, 2.24) is 5.32 Å². The van der Waals surface area contributed by atoms with Crippen molar-refractivity contribution < 1.29 is 9.18 Å². The normalized spacial score (nSPS) is 17.1. The molecule has 92 valence electrons. The minimum absolute atomic E-state index is 0.0656. The topological polar surface area (TPSA) is 29.1 Å². The maximum Gasteiger partial charge on any atom is 0.163 e. The van der Waals surface area contributed by atoms with Gasteiger partial charge in [-0.25, -0.2) is 4.39 Å². The van der Waals surface area contributed by atoms with Crippen LogP contribution in [-0.2, 0) is 0 Å². The Balaban J connectivity index is 2.01. The van der Waals surface area contributed by atoms with Crippen molar-refractivity contribution in [2.75, 3.05) is 13.1 Å². The molecule has 1 fully saturated rings. The summed E-state index contributed by atoms with van der Waals surface area (Å²) >= 11 is 0. The van der Waals surface area contributed by atoms with Gasteiger partial charge in [-0.3, -0.25) is 4.79 Å². The maximum atomic E-state index is 13.4. The van der Waals surface area contributed by atoms with Gasteiger partial charge in [-0.1, -0.05) is 12.1 Å². The molecule has 0 radical (unpaired) electrons. The maximum absolute atomic E-state index is 13.4. The Labute approximate surface area is 101 Å². The van der Waals surface area contributed by atoms with Gasteiger partial charge < -0.3 is 5.32 Å². The van der Waals surface area contributed by atoms with Crippen LogP contribution in [0, 0.1) is 18.7 Å². The van der Waals surface area contributed by atoms with Crippen molar-refractivity contribution in [3.05, 3.63) is 35.1 Å². The van der Waals surface area contributed by atoms with Crippen LogP contribution in [0.5, 0.6) is 0 Å². The van der Waals surface area contributed by atoms with Gasteiger partial charge in [0.05, 0.1) is 0 Å². The van der Waals surface area contributed by atoms with E-state index in [1.807, 2.05) is 0 Å². The molecule has 1 heterocycles. The van der Waals surface area contributed by atoms with Gasteiger partial charge in [0.15, 0.2) is 5.78 Å². The largest absolute Gasteiger partial charge is 0.317 e. The second kappa shape index (κ2) is 5.41. The monoisotopic (exact) mass is 235 g/mol. The number of hydrogen-bond donors (Lipinski definition) is 1. The molecule has 1 aromatic rings. The molecular weight excluding hydrogens is 217 g/mol. The number of halogens is 1. The SMILES string of the molecule is Cc1ccc(C(=O)CC2CCNCC2)cc1F. The van der Waals surface area contributed by atoms with Gasteiger partial charge >= 0.3 is 0 Å². The molecule has 0 unspecified atom stereocenters. The van der Waals surface area contributed by atoms with E-state index in [9.17, 15) is 9.18 Å². The summed E-state index contributed by atoms with van der Waals surface area (Å²) in [7, 11) is 0. The van der Waals surface area contributed by atoms with Gasteiger partial charge in [0.1, 0.15) is 5.82 Å². The molecule has 0 atom stereocenters. The van der Waals surface area contributed by atoms with E-state index >= 15 is 0 Å². The zero-order valence-electron chi connectivity index (χ0n) is 10.1. The summed E-state index contributed by atoms with van der Waals surface area (Å²) in [6.07, 6.45) is 2.63. The fourth-order valence-corrected chi connectivity index (χ4v) is 2.23. The zero-order chi connectivity index (χ0) is 12.3. The lowest BCUT2D eigenvalue weighted by Gasteiger charge is -2.21. The third-order valence-electron chi connectivity index (χ3n) is 3.43. The molecule has 2 rings (SSSR count). The molecule has 0 aliphatic carbocycles. The van der Waals surface area contributed by atoms with Crippen molar-refractivity contribution in [3.8, 4) is 0 Å². The van der Waals surface area contributed by atoms with Gasteiger partial charge in [0.25, 0.3) is 0 Å². The number of carbonyl (C=O) groups excluding carboxylic acids is 1. The Morgan fingerprint density at radius 1 is 1.41 bits per heavy atom. The van der Waals surface area contributed by atoms with Crippen LogP contribution in [0.1, 0.15) is 35.2 Å². The number of nitrogens with one attached hydrogen (secondary N) is 1. The van der Waals surface area contributed by atoms with Crippen LogP contribution >= 0.6 is 0 Å². The molecule has 0 spiro atoms. The van der Waals surface area contributed by atoms with Crippen LogP contribution in [-0.4, -0.2) is 18.9 Å². The van der Waals surface area contributed by atoms with Gasteiger partial charge in [-0.05, 0) is 50.4 Å². The molecule has 1 saturated heterocycles. The lowest BCUT2D eigenvalue weighted by molar-refractivity contribution is 0.0952. The summed E-state index contributed by atoms with van der Waals surface area (Å²) < 4.78 is 13.4. The Bertz CT molecular complexity index is 411. The van der Waals surface area contributed by atoms with Crippen molar-refractivity contribution in [2.24, 2.45) is 5.92 Å². The number of hydrogen-bond acceptors (Lipinski definition) is 2. The first-order chi connectivity index (χ1) is 8.16. The lowest BCUT2D eigenvalue weighted by atomic mass is 9.90. The number of ketones is 1. The standard InChI is InChI=1S/C14H18FNO/c1-10-2-3-12(9-13(10)15)14(17)8-11-4-6-16-7-5-11/h2-3,9,11,16H,4-8H2,1H3. The minimum Gasteiger partial charge on any atom is -0.317 e. The van der Waals surface area contributed by atoms with E-state index in [-0.39, 0.29) is 11.6 Å². The van der Waals surface area contributed by atoms with Crippen LogP contribution in [0.3, 0.4) is 0 Å². The van der Waals surface area contributed by atoms with E-state index in [0.29, 0.717) is 23.5 Å². The molecular formula is C14H18FNO. The summed E-state index contributed by atoms with van der Waals surface area (Å²) in [5, 5.41) is 3.27. The average Bonchev–Trinajstić information content (AvgIpc) is 2.34. The Morgan fingerprint density at radius 3 is 2.76 bits per heavy atom. The first kappa shape index (κ1) is 12.2. The van der Waals surface area contributed by atoms with E-state index < -0.39 is 0 Å². The van der Waals surface area contributed by atoms with E-state index in [1.165, 1.54) is 6.07 Å². The van der Waals surface area contributed by atoms with Crippen molar-refractivity contribution in [3.63, 3.8) is 0 Å². The van der Waals surface area contributed by atoms with Crippen LogP contribution in [0.2, 0.25) is 0 Å². The molecule has 3 heteroatoms. The molecule has 0 aromatic heterocycles. The van der Waals surface area contributed by atoms with Gasteiger partial charge in [0.2, 0.25) is 0 Å². The van der Waals surface area contributed by atoms with Gasteiger partial charge in [-0.2, -0.15) is 0 Å². The van der Waals surface area contributed by atoms with Crippen molar-refractivity contribution in [2.45, 2.75) is 26.2 Å². The Morgan fingerprint density at radius 2 is 2.12 bits per heavy atom. The second-order valence-corrected chi connectivity index (χ2v) is 4.78. The molecule has 17 heavy (non-hydrogen) atoms. The van der Waals surface area contributed by atoms with E-state index in [2.05, 4.69) is 5.32 Å². The number of Topliss-reactive ketones (excluding diaryl/α,β-unsaturated/α-hetero) is 1. The number of aryl methyl sites for hydroxylation is 1. The average molecular weight is 235 g/mol. The fourth-order valence-electron chi connectivity index (χ4n) is 2.23. The molecule has 1 aliphatic heterocycles. The van der Waals surface area contributed by atoms with Crippen molar-refractivity contribution >= 4 is 5.78 Å². The van der Waals surface area contributed by atoms with E-state index in [4.69, 9.17) is 0 Å². The Hall–Kier alpha value is -1.22. The van der Waals surface area contributed by atoms with Crippen LogP contribution in [0.4, 0.5) is 4.39 Å². The fraction of sp³-hybridized carbons (Fsp3) is 0.500. The number of piperidine rings is 1. The molecule has 0 bridgehead atoms. The minimum atomic E-state index is -0.291. The summed E-state index contributed by atoms with van der Waals surface area (Å²) in [5.41, 5.74) is 1.09. The quantitative estimate of drug-likeness (QED) is 0.816. The highest BCUT2D eigenvalue weighted by atomic mass is 19.1. The van der Waals surface area contributed by atoms with Crippen LogP contribution < -0.4 is 5.32 Å². The predicted molar refractivity (Wildman–Crippen MR) is 65.7 cm³/mol. The zero-order valence-corrected chi connectivity index (χ0v) is 10.1. The van der Waals surface area contributed by atoms with Gasteiger partial charge in [0, 0.05) is 12.0 Å². The summed E-state index contributed by atoms with van der Waals surface area (Å²) in [5.74, 6) is 0.227. The Kier molecular flexibility index (Phi) is 3.89. The third kappa shape index (κ3) is 3.13. The number of rotatable bonds is 3. The van der Waals surface area contributed by atoms with Crippen LogP contribution in [0.15, 0.2) is 18.2 Å². The molecule has 0 amide bonds. The molecule has 0 saturated carbocycles. The first-order valence-corrected chi connectivity index (χ1v) is 6.17. The molecule has 1 aliphatic rings. The summed E-state index contributed by atoms with van der Waals surface area (Å²) in [6, 6.07) is 4.76.